The van der Waals surface area contributed by atoms with E-state index in [0.29, 0.717) is 11.5 Å². The van der Waals surface area contributed by atoms with Crippen LogP contribution in [-0.2, 0) is 6.11 Å². The number of ether oxygens (including phenoxy) is 1. The minimum Gasteiger partial charge on any atom is -0.423 e. The molecule has 2 aromatic carbocycles. The van der Waals surface area contributed by atoms with Crippen LogP contribution >= 0.6 is 0 Å². The van der Waals surface area contributed by atoms with Crippen molar-refractivity contribution in [2.45, 2.75) is 70.3 Å². The van der Waals surface area contributed by atoms with Crippen molar-refractivity contribution < 1.29 is 35.5 Å². The van der Waals surface area contributed by atoms with Crippen molar-refractivity contribution in [1.29, 1.82) is 0 Å². The molecule has 1 saturated carbocycles. The Kier molecular flexibility index (Phi) is 7.72. The first kappa shape index (κ1) is 24.4. The van der Waals surface area contributed by atoms with Crippen LogP contribution in [0.1, 0.15) is 75.3 Å². The van der Waals surface area contributed by atoms with Gasteiger partial charge in [-0.25, -0.2) is 22.0 Å². The summed E-state index contributed by atoms with van der Waals surface area (Å²) in [6.07, 6.45) is 3.51. The van der Waals surface area contributed by atoms with Crippen molar-refractivity contribution >= 4 is 0 Å². The highest BCUT2D eigenvalue weighted by atomic mass is 19.3. The third-order valence-corrected chi connectivity index (χ3v) is 6.10. The van der Waals surface area contributed by atoms with Crippen molar-refractivity contribution in [3.8, 4) is 5.75 Å². The summed E-state index contributed by atoms with van der Waals surface area (Å²) in [5.41, 5.74) is -1.04. The molecule has 0 heterocycles. The minimum atomic E-state index is -4.49. The van der Waals surface area contributed by atoms with Gasteiger partial charge in [0.05, 0.1) is 5.56 Å². The van der Waals surface area contributed by atoms with Gasteiger partial charge in [-0.3, -0.25) is 0 Å². The van der Waals surface area contributed by atoms with Gasteiger partial charge in [-0.15, -0.1) is 0 Å². The van der Waals surface area contributed by atoms with Crippen molar-refractivity contribution in [3.05, 3.63) is 64.5 Å². The van der Waals surface area contributed by atoms with E-state index < -0.39 is 46.5 Å². The Morgan fingerprint density at radius 2 is 1.38 bits per heavy atom. The molecule has 1 fully saturated rings. The lowest BCUT2D eigenvalue weighted by molar-refractivity contribution is -0.188. The van der Waals surface area contributed by atoms with E-state index in [2.05, 4.69) is 11.7 Å². The van der Waals surface area contributed by atoms with Gasteiger partial charge >= 0.3 is 6.11 Å². The Morgan fingerprint density at radius 3 is 1.91 bits per heavy atom. The molecule has 1 nitrogen and oxygen atoms in total. The van der Waals surface area contributed by atoms with Crippen molar-refractivity contribution in [1.82, 2.24) is 0 Å². The third kappa shape index (κ3) is 5.56. The largest absolute Gasteiger partial charge is 0.427 e. The molecule has 0 spiro atoms. The van der Waals surface area contributed by atoms with E-state index in [1.54, 1.807) is 0 Å². The lowest BCUT2D eigenvalue weighted by Gasteiger charge is -2.29. The van der Waals surface area contributed by atoms with E-state index in [0.717, 1.165) is 57.1 Å². The Bertz CT molecular complexity index is 890. The van der Waals surface area contributed by atoms with Crippen LogP contribution in [0, 0.1) is 35.0 Å². The summed E-state index contributed by atoms with van der Waals surface area (Å²) in [6, 6.07) is 1.95. The maximum Gasteiger partial charge on any atom is 0.427 e. The van der Waals surface area contributed by atoms with Gasteiger partial charge in [-0.2, -0.15) is 8.78 Å². The lowest BCUT2D eigenvalue weighted by atomic mass is 9.77. The number of rotatable bonds is 8. The van der Waals surface area contributed by atoms with Crippen molar-refractivity contribution in [3.63, 3.8) is 0 Å². The second-order valence-electron chi connectivity index (χ2n) is 8.40. The van der Waals surface area contributed by atoms with Crippen LogP contribution < -0.4 is 4.74 Å². The summed E-state index contributed by atoms with van der Waals surface area (Å²) < 4.78 is 101. The van der Waals surface area contributed by atoms with Crippen LogP contribution in [0.15, 0.2) is 24.3 Å². The fourth-order valence-corrected chi connectivity index (χ4v) is 4.29. The molecule has 8 heteroatoms. The Balaban J connectivity index is 1.72. The topological polar surface area (TPSA) is 9.23 Å². The standard InChI is InChI=1S/C24H25F7O/c1-2-3-4-5-14-6-8-15(9-7-14)16-10-20(27)23(21(28)11-16)32-24(30,31)17-12-18(25)22(29)19(26)13-17/h10-15H,2-9H2,1H3. The van der Waals surface area contributed by atoms with Crippen molar-refractivity contribution in [2.24, 2.45) is 5.92 Å². The van der Waals surface area contributed by atoms with E-state index in [4.69, 9.17) is 0 Å². The van der Waals surface area contributed by atoms with Crippen LogP contribution in [-0.4, -0.2) is 0 Å². The van der Waals surface area contributed by atoms with Gasteiger partial charge in [0.1, 0.15) is 0 Å². The average Bonchev–Trinajstić information content (AvgIpc) is 2.74. The molecule has 0 aromatic heterocycles. The lowest BCUT2D eigenvalue weighted by Crippen LogP contribution is -2.24. The molecule has 0 aliphatic heterocycles. The molecule has 176 valence electrons. The Hall–Kier alpha value is -2.25. The molecule has 32 heavy (non-hydrogen) atoms. The molecular formula is C24H25F7O. The number of benzene rings is 2. The molecule has 3 rings (SSSR count). The molecule has 0 atom stereocenters. The highest BCUT2D eigenvalue weighted by Gasteiger charge is 2.38. The summed E-state index contributed by atoms with van der Waals surface area (Å²) in [5, 5.41) is 0. The fraction of sp³-hybridized carbons (Fsp3) is 0.500. The van der Waals surface area contributed by atoms with Gasteiger partial charge in [-0.1, -0.05) is 32.6 Å². The number of halogens is 7. The summed E-state index contributed by atoms with van der Waals surface area (Å²) in [5.74, 6) is -9.22. The van der Waals surface area contributed by atoms with Crippen LogP contribution in [0.25, 0.3) is 0 Å². The van der Waals surface area contributed by atoms with E-state index in [1.807, 2.05) is 0 Å². The Morgan fingerprint density at radius 1 is 0.812 bits per heavy atom. The van der Waals surface area contributed by atoms with Gasteiger partial charge < -0.3 is 4.74 Å². The minimum absolute atomic E-state index is 0.0154. The van der Waals surface area contributed by atoms with E-state index in [-0.39, 0.29) is 18.1 Å². The number of unbranched alkanes of at least 4 members (excludes halogenated alkanes) is 2. The first-order valence-electron chi connectivity index (χ1n) is 10.8. The predicted octanol–water partition coefficient (Wildman–Crippen LogP) is 8.36. The zero-order valence-electron chi connectivity index (χ0n) is 17.7. The van der Waals surface area contributed by atoms with Gasteiger partial charge in [0.25, 0.3) is 0 Å². The van der Waals surface area contributed by atoms with Crippen molar-refractivity contribution in [2.75, 3.05) is 0 Å². The number of hydrogen-bond acceptors (Lipinski definition) is 1. The maximum atomic E-state index is 14.5. The number of hydrogen-bond donors (Lipinski definition) is 0. The van der Waals surface area contributed by atoms with E-state index >= 15 is 0 Å². The predicted molar refractivity (Wildman–Crippen MR) is 106 cm³/mol. The highest BCUT2D eigenvalue weighted by Crippen LogP contribution is 2.41. The zero-order valence-corrected chi connectivity index (χ0v) is 17.7. The molecule has 0 unspecified atom stereocenters. The van der Waals surface area contributed by atoms with Gasteiger partial charge in [-0.05, 0) is 67.3 Å². The molecule has 1 aliphatic rings. The summed E-state index contributed by atoms with van der Waals surface area (Å²) >= 11 is 0. The van der Waals surface area contributed by atoms with Gasteiger partial charge in [0, 0.05) is 0 Å². The van der Waals surface area contributed by atoms with Crippen LogP contribution in [0.2, 0.25) is 0 Å². The second-order valence-corrected chi connectivity index (χ2v) is 8.40. The fourth-order valence-electron chi connectivity index (χ4n) is 4.29. The van der Waals surface area contributed by atoms with Gasteiger partial charge in [0.2, 0.25) is 0 Å². The first-order chi connectivity index (χ1) is 15.1. The zero-order chi connectivity index (χ0) is 23.5. The number of alkyl halides is 2. The first-order valence-corrected chi connectivity index (χ1v) is 10.8. The molecule has 1 aliphatic carbocycles. The summed E-state index contributed by atoms with van der Waals surface area (Å²) in [7, 11) is 0. The van der Waals surface area contributed by atoms with Crippen LogP contribution in [0.3, 0.4) is 0 Å². The second kappa shape index (κ2) is 10.1. The van der Waals surface area contributed by atoms with E-state index in [9.17, 15) is 30.7 Å². The normalized spacial score (nSPS) is 19.2. The van der Waals surface area contributed by atoms with Crippen LogP contribution in [0.4, 0.5) is 30.7 Å². The summed E-state index contributed by atoms with van der Waals surface area (Å²) in [4.78, 5) is 0. The molecule has 0 bridgehead atoms. The molecule has 0 amide bonds. The monoisotopic (exact) mass is 462 g/mol. The highest BCUT2D eigenvalue weighted by molar-refractivity contribution is 5.34. The maximum absolute atomic E-state index is 14.5. The molecule has 0 N–H and O–H groups in total. The Labute approximate surface area is 182 Å². The van der Waals surface area contributed by atoms with Gasteiger partial charge in [0.15, 0.2) is 34.8 Å². The summed E-state index contributed by atoms with van der Waals surface area (Å²) in [6.45, 7) is 2.14. The smallest absolute Gasteiger partial charge is 0.423 e. The van der Waals surface area contributed by atoms with Crippen LogP contribution in [0.5, 0.6) is 5.75 Å². The molecule has 0 saturated heterocycles. The molecular weight excluding hydrogens is 437 g/mol. The average molecular weight is 462 g/mol. The molecule has 2 aromatic rings. The van der Waals surface area contributed by atoms with E-state index in [1.165, 1.54) is 6.42 Å². The SMILES string of the molecule is CCCCCC1CCC(c2cc(F)c(OC(F)(F)c3cc(F)c(F)c(F)c3)c(F)c2)CC1. The quantitative estimate of drug-likeness (QED) is 0.218. The molecule has 0 radical (unpaired) electrons. The third-order valence-electron chi connectivity index (χ3n) is 6.10.